The van der Waals surface area contributed by atoms with Crippen LogP contribution in [0.3, 0.4) is 0 Å². The van der Waals surface area contributed by atoms with Crippen LogP contribution >= 0.6 is 39.7 Å². The molecule has 0 fully saturated rings. The Morgan fingerprint density at radius 1 is 1.10 bits per heavy atom. The molecule has 116 valence electrons. The number of rotatable bonds is 7. The van der Waals surface area contributed by atoms with Crippen LogP contribution in [0.15, 0.2) is 23.1 Å². The first-order valence-electron chi connectivity index (χ1n) is 4.75. The van der Waals surface area contributed by atoms with Gasteiger partial charge in [-0.25, -0.2) is 8.42 Å². The van der Waals surface area contributed by atoms with Crippen molar-refractivity contribution in [3.05, 3.63) is 28.2 Å². The second kappa shape index (κ2) is 7.85. The van der Waals surface area contributed by atoms with Crippen LogP contribution in [-0.4, -0.2) is 24.6 Å². The number of sulfonamides is 1. The molecular formula is C7H7Cl2NO8P2S+2. The summed E-state index contributed by atoms with van der Waals surface area (Å²) in [5, 5.41) is 0.0518. The fraction of sp³-hybridized carbons (Fsp3) is 0.143. The lowest BCUT2D eigenvalue weighted by Crippen LogP contribution is -2.36. The third-order valence-electron chi connectivity index (χ3n) is 1.82. The monoisotopic (exact) mass is 397 g/mol. The SMILES string of the molecule is O=[P+](O)OC(NS(=O)(=O)c1ccc(Cl)c(Cl)c1)O[P+](=O)O. The summed E-state index contributed by atoms with van der Waals surface area (Å²) in [5.41, 5.74) is 0. The topological polar surface area (TPSA) is 139 Å². The summed E-state index contributed by atoms with van der Waals surface area (Å²) in [6.45, 7) is 0. The molecule has 21 heavy (non-hydrogen) atoms. The predicted molar refractivity (Wildman–Crippen MR) is 72.4 cm³/mol. The molecule has 9 nitrogen and oxygen atoms in total. The van der Waals surface area contributed by atoms with Gasteiger partial charge in [-0.15, -0.1) is 9.79 Å². The molecule has 0 bridgehead atoms. The summed E-state index contributed by atoms with van der Waals surface area (Å²) < 4.78 is 54.8. The highest BCUT2D eigenvalue weighted by atomic mass is 35.5. The summed E-state index contributed by atoms with van der Waals surface area (Å²) >= 11 is 11.3. The highest BCUT2D eigenvalue weighted by Crippen LogP contribution is 2.28. The van der Waals surface area contributed by atoms with Crippen molar-refractivity contribution in [3.63, 3.8) is 0 Å². The van der Waals surface area contributed by atoms with Gasteiger partial charge in [0.15, 0.2) is 0 Å². The van der Waals surface area contributed by atoms with Gasteiger partial charge in [0.05, 0.1) is 14.9 Å². The van der Waals surface area contributed by atoms with E-state index in [1.807, 2.05) is 0 Å². The molecule has 0 amide bonds. The fourth-order valence-electron chi connectivity index (χ4n) is 1.06. The molecule has 2 atom stereocenters. The van der Waals surface area contributed by atoms with Crippen molar-refractivity contribution in [1.82, 2.24) is 4.72 Å². The van der Waals surface area contributed by atoms with Gasteiger partial charge in [-0.2, -0.15) is 4.72 Å². The zero-order chi connectivity index (χ0) is 16.2. The van der Waals surface area contributed by atoms with Crippen LogP contribution in [0.1, 0.15) is 0 Å². The number of halogens is 2. The van der Waals surface area contributed by atoms with E-state index in [-0.39, 0.29) is 14.9 Å². The summed E-state index contributed by atoms with van der Waals surface area (Å²) in [6.07, 6.45) is -2.15. The largest absolute Gasteiger partial charge is 0.699 e. The molecule has 1 aromatic carbocycles. The maximum atomic E-state index is 11.9. The highest BCUT2D eigenvalue weighted by molar-refractivity contribution is 7.89. The Labute approximate surface area is 130 Å². The van der Waals surface area contributed by atoms with Crippen LogP contribution in [0, 0.1) is 0 Å². The normalized spacial score (nSPS) is 14.7. The Morgan fingerprint density at radius 2 is 1.62 bits per heavy atom. The summed E-state index contributed by atoms with van der Waals surface area (Å²) in [6, 6.07) is 3.29. The Hall–Kier alpha value is -0.250. The van der Waals surface area contributed by atoms with Crippen molar-refractivity contribution in [3.8, 4) is 0 Å². The van der Waals surface area contributed by atoms with Gasteiger partial charge in [-0.05, 0) is 18.2 Å². The van der Waals surface area contributed by atoms with Gasteiger partial charge in [0.25, 0.3) is 0 Å². The molecule has 0 spiro atoms. The van der Waals surface area contributed by atoms with Crippen molar-refractivity contribution < 1.29 is 36.4 Å². The molecule has 0 aliphatic carbocycles. The zero-order valence-corrected chi connectivity index (χ0v) is 13.8. The lowest BCUT2D eigenvalue weighted by molar-refractivity contribution is -0.00569. The Kier molecular flexibility index (Phi) is 7.02. The van der Waals surface area contributed by atoms with Crippen LogP contribution in [0.4, 0.5) is 0 Å². The van der Waals surface area contributed by atoms with E-state index in [1.165, 1.54) is 6.07 Å². The second-order valence-corrected chi connectivity index (χ2v) is 7.12. The lowest BCUT2D eigenvalue weighted by atomic mass is 10.4. The van der Waals surface area contributed by atoms with Gasteiger partial charge >= 0.3 is 22.9 Å². The Balaban J connectivity index is 3.01. The average molecular weight is 398 g/mol. The van der Waals surface area contributed by atoms with Crippen LogP contribution in [0.5, 0.6) is 0 Å². The fourth-order valence-corrected chi connectivity index (χ4v) is 3.16. The van der Waals surface area contributed by atoms with Gasteiger partial charge in [0.1, 0.15) is 0 Å². The third kappa shape index (κ3) is 6.17. The molecule has 0 aliphatic rings. The molecule has 14 heteroatoms. The first-order valence-corrected chi connectivity index (χ1v) is 9.25. The molecule has 3 N–H and O–H groups in total. The van der Waals surface area contributed by atoms with Crippen molar-refractivity contribution >= 4 is 49.7 Å². The van der Waals surface area contributed by atoms with E-state index < -0.39 is 32.9 Å². The van der Waals surface area contributed by atoms with Crippen LogP contribution < -0.4 is 4.72 Å². The molecule has 2 unspecified atom stereocenters. The minimum atomic E-state index is -4.31. The molecule has 1 aromatic rings. The van der Waals surface area contributed by atoms with E-state index in [0.29, 0.717) is 0 Å². The minimum Gasteiger partial charge on any atom is -0.207 e. The lowest BCUT2D eigenvalue weighted by Gasteiger charge is -2.08. The van der Waals surface area contributed by atoms with Gasteiger partial charge < -0.3 is 0 Å². The van der Waals surface area contributed by atoms with E-state index in [2.05, 4.69) is 9.05 Å². The number of hydrogen-bond acceptors (Lipinski definition) is 6. The zero-order valence-electron chi connectivity index (χ0n) is 9.71. The van der Waals surface area contributed by atoms with Crippen LogP contribution in [-0.2, 0) is 28.2 Å². The van der Waals surface area contributed by atoms with Crippen molar-refractivity contribution in [2.24, 2.45) is 0 Å². The quantitative estimate of drug-likeness (QED) is 0.468. The second-order valence-electron chi connectivity index (χ2n) is 3.22. The predicted octanol–water partition coefficient (Wildman–Crippen LogP) is 1.89. The summed E-state index contributed by atoms with van der Waals surface area (Å²) in [5.74, 6) is 0. The van der Waals surface area contributed by atoms with Crippen molar-refractivity contribution in [2.75, 3.05) is 0 Å². The molecule has 0 aromatic heterocycles. The van der Waals surface area contributed by atoms with Gasteiger partial charge in [0, 0.05) is 9.13 Å². The third-order valence-corrected chi connectivity index (χ3v) is 4.68. The maximum absolute atomic E-state index is 11.9. The number of benzene rings is 1. The number of nitrogens with one attached hydrogen (secondary N) is 1. The minimum absolute atomic E-state index is 0.0561. The number of hydrogen-bond donors (Lipinski definition) is 3. The van der Waals surface area contributed by atoms with Crippen molar-refractivity contribution in [2.45, 2.75) is 11.3 Å². The maximum Gasteiger partial charge on any atom is 0.699 e. The molecule has 0 saturated heterocycles. The van der Waals surface area contributed by atoms with Crippen molar-refractivity contribution in [1.29, 1.82) is 0 Å². The molecular weight excluding hydrogens is 391 g/mol. The molecule has 1 rings (SSSR count). The van der Waals surface area contributed by atoms with Gasteiger partial charge in [-0.1, -0.05) is 32.2 Å². The average Bonchev–Trinajstić information content (AvgIpc) is 2.29. The Bertz CT molecular complexity index is 653. The van der Waals surface area contributed by atoms with Gasteiger partial charge in [-0.3, -0.25) is 0 Å². The smallest absolute Gasteiger partial charge is 0.207 e. The van der Waals surface area contributed by atoms with E-state index in [9.17, 15) is 17.5 Å². The van der Waals surface area contributed by atoms with E-state index in [1.54, 1.807) is 4.72 Å². The summed E-state index contributed by atoms with van der Waals surface area (Å²) in [7, 11) is -10.9. The highest BCUT2D eigenvalue weighted by Gasteiger charge is 2.36. The first-order chi connectivity index (χ1) is 9.61. The Morgan fingerprint density at radius 3 is 2.05 bits per heavy atom. The van der Waals surface area contributed by atoms with E-state index in [4.69, 9.17) is 33.0 Å². The van der Waals surface area contributed by atoms with Crippen LogP contribution in [0.2, 0.25) is 10.0 Å². The molecule has 0 saturated carbocycles. The van der Waals surface area contributed by atoms with E-state index >= 15 is 0 Å². The van der Waals surface area contributed by atoms with Crippen LogP contribution in [0.25, 0.3) is 0 Å². The van der Waals surface area contributed by atoms with E-state index in [0.717, 1.165) is 12.1 Å². The standard InChI is InChI=1S/C7H5Cl2NO8P2S/c8-5-2-1-4(3-6(5)9)21(15,16)10-7(17-19(11)12)18-20(13)14/h1-3,7,10H/p+2. The molecule has 0 heterocycles. The molecule has 0 radical (unpaired) electrons. The van der Waals surface area contributed by atoms with Gasteiger partial charge in [0.2, 0.25) is 10.0 Å². The molecule has 0 aliphatic heterocycles. The first kappa shape index (κ1) is 18.8. The summed E-state index contributed by atoms with van der Waals surface area (Å²) in [4.78, 5) is 16.7.